The van der Waals surface area contributed by atoms with Crippen molar-refractivity contribution < 1.29 is 18.3 Å². The predicted octanol–water partition coefficient (Wildman–Crippen LogP) is 2.05. The van der Waals surface area contributed by atoms with Gasteiger partial charge in [-0.25, -0.2) is 8.42 Å². The number of para-hydroxylation sites is 1. The molecule has 0 radical (unpaired) electrons. The Labute approximate surface area is 113 Å². The molecule has 0 unspecified atom stereocenters. The maximum absolute atomic E-state index is 12.1. The number of carboxylic acids is 1. The van der Waals surface area contributed by atoms with E-state index in [9.17, 15) is 13.2 Å². The van der Waals surface area contributed by atoms with Gasteiger partial charge in [0, 0.05) is 0 Å². The quantitative estimate of drug-likeness (QED) is 0.868. The Hall–Kier alpha value is -1.56. The van der Waals surface area contributed by atoms with Gasteiger partial charge in [0.15, 0.2) is 0 Å². The summed E-state index contributed by atoms with van der Waals surface area (Å²) in [4.78, 5) is 10.9. The standard InChI is InChI=1S/C13H19NO4S/c1-4-19(17,18)14(9-13(15)16)12-8-6-5-7-11(12)10(2)3/h5-8,10H,4,9H2,1-3H3,(H,15,16). The fourth-order valence-corrected chi connectivity index (χ4v) is 2.90. The molecule has 6 heteroatoms. The molecule has 1 aromatic carbocycles. The highest BCUT2D eigenvalue weighted by Gasteiger charge is 2.25. The van der Waals surface area contributed by atoms with Crippen molar-refractivity contribution in [2.45, 2.75) is 26.7 Å². The van der Waals surface area contributed by atoms with Crippen molar-refractivity contribution in [2.24, 2.45) is 0 Å². The normalized spacial score (nSPS) is 11.6. The summed E-state index contributed by atoms with van der Waals surface area (Å²) in [6, 6.07) is 6.99. The third-order valence-electron chi connectivity index (χ3n) is 2.81. The van der Waals surface area contributed by atoms with Crippen LogP contribution in [0.5, 0.6) is 0 Å². The van der Waals surface area contributed by atoms with E-state index in [1.54, 1.807) is 12.1 Å². The van der Waals surface area contributed by atoms with Crippen LogP contribution in [0.3, 0.4) is 0 Å². The number of hydrogen-bond acceptors (Lipinski definition) is 3. The molecule has 0 aromatic heterocycles. The van der Waals surface area contributed by atoms with Crippen molar-refractivity contribution in [2.75, 3.05) is 16.6 Å². The molecular formula is C13H19NO4S. The van der Waals surface area contributed by atoms with E-state index in [-0.39, 0.29) is 11.7 Å². The van der Waals surface area contributed by atoms with E-state index in [4.69, 9.17) is 5.11 Å². The number of anilines is 1. The zero-order valence-corrected chi connectivity index (χ0v) is 12.1. The van der Waals surface area contributed by atoms with Gasteiger partial charge in [0.1, 0.15) is 6.54 Å². The number of aliphatic carboxylic acids is 1. The first-order chi connectivity index (χ1) is 8.79. The van der Waals surface area contributed by atoms with Gasteiger partial charge in [0.25, 0.3) is 0 Å². The lowest BCUT2D eigenvalue weighted by molar-refractivity contribution is -0.135. The van der Waals surface area contributed by atoms with Crippen LogP contribution in [-0.2, 0) is 14.8 Å². The maximum atomic E-state index is 12.1. The van der Waals surface area contributed by atoms with Gasteiger partial charge < -0.3 is 5.11 Å². The highest BCUT2D eigenvalue weighted by molar-refractivity contribution is 7.92. The summed E-state index contributed by atoms with van der Waals surface area (Å²) >= 11 is 0. The summed E-state index contributed by atoms with van der Waals surface area (Å²) in [6.07, 6.45) is 0. The van der Waals surface area contributed by atoms with Gasteiger partial charge in [-0.3, -0.25) is 9.10 Å². The van der Waals surface area contributed by atoms with Gasteiger partial charge in [-0.1, -0.05) is 32.0 Å². The number of sulfonamides is 1. The molecule has 1 rings (SSSR count). The second-order valence-corrected chi connectivity index (χ2v) is 6.70. The highest BCUT2D eigenvalue weighted by Crippen LogP contribution is 2.29. The van der Waals surface area contributed by atoms with Crippen LogP contribution in [0.15, 0.2) is 24.3 Å². The summed E-state index contributed by atoms with van der Waals surface area (Å²) in [5, 5.41) is 8.93. The van der Waals surface area contributed by atoms with E-state index in [0.717, 1.165) is 9.87 Å². The van der Waals surface area contributed by atoms with Crippen LogP contribution in [0.1, 0.15) is 32.3 Å². The Balaban J connectivity index is 3.37. The monoisotopic (exact) mass is 285 g/mol. The third kappa shape index (κ3) is 3.70. The fourth-order valence-electron chi connectivity index (χ4n) is 1.81. The zero-order chi connectivity index (χ0) is 14.6. The van der Waals surface area contributed by atoms with Crippen molar-refractivity contribution in [3.8, 4) is 0 Å². The van der Waals surface area contributed by atoms with Crippen LogP contribution in [0.25, 0.3) is 0 Å². The number of hydrogen-bond donors (Lipinski definition) is 1. The van der Waals surface area contributed by atoms with Crippen LogP contribution >= 0.6 is 0 Å². The molecule has 0 aliphatic rings. The predicted molar refractivity (Wildman–Crippen MR) is 75.0 cm³/mol. The molecule has 0 amide bonds. The minimum Gasteiger partial charge on any atom is -0.480 e. The second-order valence-electron chi connectivity index (χ2n) is 4.51. The Morgan fingerprint density at radius 1 is 1.32 bits per heavy atom. The smallest absolute Gasteiger partial charge is 0.324 e. The molecule has 5 nitrogen and oxygen atoms in total. The van der Waals surface area contributed by atoms with E-state index in [1.165, 1.54) is 6.92 Å². The maximum Gasteiger partial charge on any atom is 0.324 e. The number of carboxylic acid groups (broad SMARTS) is 1. The van der Waals surface area contributed by atoms with Gasteiger partial charge in [0.05, 0.1) is 11.4 Å². The molecule has 0 spiro atoms. The summed E-state index contributed by atoms with van der Waals surface area (Å²) in [5.41, 5.74) is 1.27. The van der Waals surface area contributed by atoms with Crippen LogP contribution in [0, 0.1) is 0 Å². The molecular weight excluding hydrogens is 266 g/mol. The molecule has 1 N–H and O–H groups in total. The lowest BCUT2D eigenvalue weighted by atomic mass is 10.0. The van der Waals surface area contributed by atoms with E-state index < -0.39 is 22.5 Å². The van der Waals surface area contributed by atoms with Crippen LogP contribution in [0.4, 0.5) is 5.69 Å². The first-order valence-electron chi connectivity index (χ1n) is 6.10. The van der Waals surface area contributed by atoms with Gasteiger partial charge >= 0.3 is 5.97 Å². The summed E-state index contributed by atoms with van der Waals surface area (Å²) in [5.74, 6) is -1.19. The van der Waals surface area contributed by atoms with Crippen LogP contribution in [0.2, 0.25) is 0 Å². The molecule has 0 atom stereocenters. The molecule has 0 aliphatic heterocycles. The lowest BCUT2D eigenvalue weighted by Crippen LogP contribution is -2.37. The topological polar surface area (TPSA) is 74.7 Å². The lowest BCUT2D eigenvalue weighted by Gasteiger charge is -2.25. The molecule has 0 saturated heterocycles. The van der Waals surface area contributed by atoms with Gasteiger partial charge in [-0.15, -0.1) is 0 Å². The van der Waals surface area contributed by atoms with Crippen molar-refractivity contribution >= 4 is 21.7 Å². The van der Waals surface area contributed by atoms with E-state index >= 15 is 0 Å². The molecule has 1 aromatic rings. The second kappa shape index (κ2) is 6.06. The SMILES string of the molecule is CCS(=O)(=O)N(CC(=O)O)c1ccccc1C(C)C. The molecule has 0 heterocycles. The molecule has 0 fully saturated rings. The minimum absolute atomic E-state index is 0.111. The van der Waals surface area contributed by atoms with Crippen molar-refractivity contribution in [1.82, 2.24) is 0 Å². The number of nitrogens with zero attached hydrogens (tertiary/aromatic N) is 1. The van der Waals surface area contributed by atoms with Crippen molar-refractivity contribution in [1.29, 1.82) is 0 Å². The number of rotatable bonds is 6. The van der Waals surface area contributed by atoms with Gasteiger partial charge in [-0.2, -0.15) is 0 Å². The van der Waals surface area contributed by atoms with Crippen molar-refractivity contribution in [3.05, 3.63) is 29.8 Å². The Bertz CT molecular complexity index is 552. The van der Waals surface area contributed by atoms with Crippen LogP contribution in [-0.4, -0.2) is 31.8 Å². The summed E-state index contributed by atoms with van der Waals surface area (Å²) < 4.78 is 25.1. The van der Waals surface area contributed by atoms with Gasteiger partial charge in [-0.05, 0) is 24.5 Å². The highest BCUT2D eigenvalue weighted by atomic mass is 32.2. The third-order valence-corrected chi connectivity index (χ3v) is 4.53. The first kappa shape index (κ1) is 15.5. The van der Waals surface area contributed by atoms with E-state index in [0.29, 0.717) is 5.69 Å². The van der Waals surface area contributed by atoms with Crippen molar-refractivity contribution in [3.63, 3.8) is 0 Å². The Kier molecular flexibility index (Phi) is 4.94. The summed E-state index contributed by atoms with van der Waals surface area (Å²) in [7, 11) is -3.61. The first-order valence-corrected chi connectivity index (χ1v) is 7.71. The molecule has 19 heavy (non-hydrogen) atoms. The van der Waals surface area contributed by atoms with Crippen LogP contribution < -0.4 is 4.31 Å². The molecule has 0 bridgehead atoms. The fraction of sp³-hybridized carbons (Fsp3) is 0.462. The number of benzene rings is 1. The zero-order valence-electron chi connectivity index (χ0n) is 11.3. The van der Waals surface area contributed by atoms with Gasteiger partial charge in [0.2, 0.25) is 10.0 Å². The summed E-state index contributed by atoms with van der Waals surface area (Å²) in [6.45, 7) is 4.83. The molecule has 0 aliphatic carbocycles. The molecule has 106 valence electrons. The molecule has 0 saturated carbocycles. The largest absolute Gasteiger partial charge is 0.480 e. The minimum atomic E-state index is -3.61. The Morgan fingerprint density at radius 3 is 2.37 bits per heavy atom. The average molecular weight is 285 g/mol. The Morgan fingerprint density at radius 2 is 1.89 bits per heavy atom. The average Bonchev–Trinajstić information content (AvgIpc) is 2.35. The van der Waals surface area contributed by atoms with E-state index in [1.807, 2.05) is 26.0 Å². The van der Waals surface area contributed by atoms with E-state index in [2.05, 4.69) is 0 Å². The number of carbonyl (C=O) groups is 1.